The van der Waals surface area contributed by atoms with Crippen LogP contribution in [0.3, 0.4) is 0 Å². The molecule has 2 N–H and O–H groups in total. The first-order valence-electron chi connectivity index (χ1n) is 7.21. The molecule has 1 aromatic heterocycles. The van der Waals surface area contributed by atoms with Gasteiger partial charge in [-0.2, -0.15) is 0 Å². The van der Waals surface area contributed by atoms with Gasteiger partial charge in [-0.05, 0) is 56.4 Å². The molecule has 0 bridgehead atoms. The summed E-state index contributed by atoms with van der Waals surface area (Å²) < 4.78 is 5.94. The number of carbonyl (C=O) groups excluding carboxylic acids is 1. The monoisotopic (exact) mass is 380 g/mol. The standard InChI is InChI=1S/C17H14Cl2N2O2S/c1-8-15(9(2)22)16(21-17(24)20-8)14-6-5-13(23-14)10-3-4-11(18)12(19)7-10/h3-7,16H,1-2H3,(H2,20,21,24)/t16-/m1/s1. The van der Waals surface area contributed by atoms with E-state index in [1.807, 2.05) is 25.1 Å². The van der Waals surface area contributed by atoms with Crippen LogP contribution in [-0.2, 0) is 4.79 Å². The van der Waals surface area contributed by atoms with E-state index in [2.05, 4.69) is 10.6 Å². The lowest BCUT2D eigenvalue weighted by molar-refractivity contribution is -0.114. The minimum atomic E-state index is -0.423. The van der Waals surface area contributed by atoms with Crippen LogP contribution in [0.4, 0.5) is 0 Å². The number of allylic oxidation sites excluding steroid dienone is 1. The molecule has 1 atom stereocenters. The maximum Gasteiger partial charge on any atom is 0.171 e. The van der Waals surface area contributed by atoms with Gasteiger partial charge in [0.2, 0.25) is 0 Å². The number of carbonyl (C=O) groups is 1. The van der Waals surface area contributed by atoms with Gasteiger partial charge in [-0.1, -0.05) is 23.2 Å². The quantitative estimate of drug-likeness (QED) is 0.759. The molecule has 124 valence electrons. The molecule has 0 spiro atoms. The Kier molecular flexibility index (Phi) is 4.67. The van der Waals surface area contributed by atoms with Crippen LogP contribution in [0.2, 0.25) is 10.0 Å². The van der Waals surface area contributed by atoms with Gasteiger partial charge in [0.1, 0.15) is 17.6 Å². The first kappa shape index (κ1) is 17.0. The fraction of sp³-hybridized carbons (Fsp3) is 0.176. The molecular formula is C17H14Cl2N2O2S. The molecule has 1 aliphatic rings. The lowest BCUT2D eigenvalue weighted by Gasteiger charge is -2.28. The largest absolute Gasteiger partial charge is 0.459 e. The Morgan fingerprint density at radius 1 is 1.21 bits per heavy atom. The number of halogens is 2. The fourth-order valence-corrected chi connectivity index (χ4v) is 3.26. The van der Waals surface area contributed by atoms with Crippen LogP contribution in [-0.4, -0.2) is 10.9 Å². The fourth-order valence-electron chi connectivity index (χ4n) is 2.69. The maximum atomic E-state index is 12.0. The van der Waals surface area contributed by atoms with E-state index in [1.54, 1.807) is 12.1 Å². The highest BCUT2D eigenvalue weighted by molar-refractivity contribution is 7.80. The molecule has 0 fully saturated rings. The predicted octanol–water partition coefficient (Wildman–Crippen LogP) is 4.64. The number of furan rings is 1. The summed E-state index contributed by atoms with van der Waals surface area (Å²) in [7, 11) is 0. The highest BCUT2D eigenvalue weighted by atomic mass is 35.5. The second-order valence-electron chi connectivity index (χ2n) is 5.46. The number of thiocarbonyl (C=S) groups is 1. The Balaban J connectivity index is 2.00. The molecule has 0 radical (unpaired) electrons. The first-order chi connectivity index (χ1) is 11.4. The third-order valence-electron chi connectivity index (χ3n) is 3.76. The Hall–Kier alpha value is -1.82. The lowest BCUT2D eigenvalue weighted by atomic mass is 9.98. The van der Waals surface area contributed by atoms with Crippen molar-refractivity contribution in [2.75, 3.05) is 0 Å². The van der Waals surface area contributed by atoms with Gasteiger partial charge in [-0.15, -0.1) is 0 Å². The summed E-state index contributed by atoms with van der Waals surface area (Å²) in [5, 5.41) is 7.44. The Labute approximate surface area is 154 Å². The molecule has 0 saturated heterocycles. The normalized spacial score (nSPS) is 17.5. The van der Waals surface area contributed by atoms with E-state index in [0.29, 0.717) is 32.3 Å². The van der Waals surface area contributed by atoms with Crippen LogP contribution < -0.4 is 10.6 Å². The van der Waals surface area contributed by atoms with Crippen LogP contribution in [0.5, 0.6) is 0 Å². The van der Waals surface area contributed by atoms with Crippen LogP contribution in [0.1, 0.15) is 25.6 Å². The molecule has 4 nitrogen and oxygen atoms in total. The third kappa shape index (κ3) is 3.20. The Morgan fingerprint density at radius 3 is 2.62 bits per heavy atom. The molecule has 0 aliphatic carbocycles. The Morgan fingerprint density at radius 2 is 1.96 bits per heavy atom. The smallest absolute Gasteiger partial charge is 0.171 e. The van der Waals surface area contributed by atoms with E-state index in [-0.39, 0.29) is 5.78 Å². The summed E-state index contributed by atoms with van der Waals surface area (Å²) in [4.78, 5) is 12.0. The SMILES string of the molecule is CC(=O)C1=C(C)NC(=S)N[C@@H]1c1ccc(-c2ccc(Cl)c(Cl)c2)o1. The topological polar surface area (TPSA) is 54.3 Å². The highest BCUT2D eigenvalue weighted by Crippen LogP contribution is 2.33. The molecule has 2 heterocycles. The number of nitrogens with one attached hydrogen (secondary N) is 2. The van der Waals surface area contributed by atoms with E-state index in [1.165, 1.54) is 6.92 Å². The van der Waals surface area contributed by atoms with Crippen molar-refractivity contribution >= 4 is 46.3 Å². The zero-order valence-electron chi connectivity index (χ0n) is 12.9. The van der Waals surface area contributed by atoms with Crippen molar-refractivity contribution < 1.29 is 9.21 Å². The number of hydrogen-bond donors (Lipinski definition) is 2. The summed E-state index contributed by atoms with van der Waals surface area (Å²) in [5.41, 5.74) is 2.12. The summed E-state index contributed by atoms with van der Waals surface area (Å²) in [6.45, 7) is 3.34. The van der Waals surface area contributed by atoms with Gasteiger partial charge in [-0.3, -0.25) is 4.79 Å². The van der Waals surface area contributed by atoms with E-state index >= 15 is 0 Å². The maximum absolute atomic E-state index is 12.0. The van der Waals surface area contributed by atoms with Crippen molar-refractivity contribution in [2.45, 2.75) is 19.9 Å². The molecular weight excluding hydrogens is 367 g/mol. The van der Waals surface area contributed by atoms with Crippen LogP contribution >= 0.6 is 35.4 Å². The lowest BCUT2D eigenvalue weighted by Crippen LogP contribution is -2.44. The average Bonchev–Trinajstić information content (AvgIpc) is 2.98. The second kappa shape index (κ2) is 6.59. The van der Waals surface area contributed by atoms with Gasteiger partial charge in [0, 0.05) is 16.8 Å². The van der Waals surface area contributed by atoms with Crippen molar-refractivity contribution in [1.29, 1.82) is 0 Å². The van der Waals surface area contributed by atoms with Crippen molar-refractivity contribution in [1.82, 2.24) is 10.6 Å². The van der Waals surface area contributed by atoms with Crippen molar-refractivity contribution in [3.05, 3.63) is 57.4 Å². The average molecular weight is 381 g/mol. The molecule has 0 saturated carbocycles. The van der Waals surface area contributed by atoms with Crippen molar-refractivity contribution in [3.63, 3.8) is 0 Å². The van der Waals surface area contributed by atoms with Gasteiger partial charge < -0.3 is 15.1 Å². The number of ketones is 1. The van der Waals surface area contributed by atoms with Crippen LogP contribution in [0, 0.1) is 0 Å². The number of hydrogen-bond acceptors (Lipinski definition) is 3. The minimum absolute atomic E-state index is 0.0486. The van der Waals surface area contributed by atoms with Crippen LogP contribution in [0.15, 0.2) is 46.0 Å². The zero-order chi connectivity index (χ0) is 17.4. The molecule has 0 unspecified atom stereocenters. The number of benzene rings is 1. The van der Waals surface area contributed by atoms with Gasteiger partial charge in [0.25, 0.3) is 0 Å². The number of rotatable bonds is 3. The summed E-state index contributed by atoms with van der Waals surface area (Å²) in [5.74, 6) is 1.19. The molecule has 2 aromatic rings. The highest BCUT2D eigenvalue weighted by Gasteiger charge is 2.30. The molecule has 1 aliphatic heterocycles. The Bertz CT molecular complexity index is 873. The molecule has 24 heavy (non-hydrogen) atoms. The van der Waals surface area contributed by atoms with E-state index in [9.17, 15) is 4.79 Å². The van der Waals surface area contributed by atoms with Crippen LogP contribution in [0.25, 0.3) is 11.3 Å². The summed E-state index contributed by atoms with van der Waals surface area (Å²) >= 11 is 17.2. The molecule has 0 amide bonds. The first-order valence-corrected chi connectivity index (χ1v) is 8.37. The zero-order valence-corrected chi connectivity index (χ0v) is 15.3. The van der Waals surface area contributed by atoms with Gasteiger partial charge in [-0.25, -0.2) is 0 Å². The number of Topliss-reactive ketones (excluding diaryl/α,β-unsaturated/α-hetero) is 1. The van der Waals surface area contributed by atoms with Crippen molar-refractivity contribution in [3.8, 4) is 11.3 Å². The second-order valence-corrected chi connectivity index (χ2v) is 6.68. The van der Waals surface area contributed by atoms with E-state index < -0.39 is 6.04 Å². The van der Waals surface area contributed by atoms with Gasteiger partial charge >= 0.3 is 0 Å². The van der Waals surface area contributed by atoms with Gasteiger partial charge in [0.05, 0.1) is 10.0 Å². The summed E-state index contributed by atoms with van der Waals surface area (Å²) in [6, 6.07) is 8.50. The summed E-state index contributed by atoms with van der Waals surface area (Å²) in [6.07, 6.45) is 0. The third-order valence-corrected chi connectivity index (χ3v) is 4.72. The van der Waals surface area contributed by atoms with E-state index in [0.717, 1.165) is 11.3 Å². The molecule has 3 rings (SSSR count). The van der Waals surface area contributed by atoms with Gasteiger partial charge in [0.15, 0.2) is 10.9 Å². The van der Waals surface area contributed by atoms with E-state index in [4.69, 9.17) is 39.8 Å². The molecule has 1 aromatic carbocycles. The predicted molar refractivity (Wildman–Crippen MR) is 99.2 cm³/mol. The van der Waals surface area contributed by atoms with Crippen molar-refractivity contribution in [2.24, 2.45) is 0 Å². The molecule has 7 heteroatoms. The minimum Gasteiger partial charge on any atom is -0.459 e.